The minimum atomic E-state index is 0.613. The van der Waals surface area contributed by atoms with Gasteiger partial charge in [-0.05, 0) is 50.1 Å². The third-order valence-corrected chi connectivity index (χ3v) is 3.13. The van der Waals surface area contributed by atoms with Crippen molar-refractivity contribution in [3.8, 4) is 11.8 Å². The van der Waals surface area contributed by atoms with E-state index in [9.17, 15) is 0 Å². The Morgan fingerprint density at radius 3 is 2.76 bits per heavy atom. The first-order valence-electron chi connectivity index (χ1n) is 6.25. The maximum absolute atomic E-state index is 8.68. The van der Waals surface area contributed by atoms with Crippen LogP contribution in [-0.2, 0) is 0 Å². The van der Waals surface area contributed by atoms with E-state index in [1.165, 1.54) is 19.3 Å². The van der Waals surface area contributed by atoms with Crippen molar-refractivity contribution in [2.45, 2.75) is 31.7 Å². The molecule has 3 heteroatoms. The van der Waals surface area contributed by atoms with Gasteiger partial charge in [-0.15, -0.1) is 0 Å². The summed E-state index contributed by atoms with van der Waals surface area (Å²) in [5.74, 6) is 0.847. The lowest BCUT2D eigenvalue weighted by Gasteiger charge is -2.23. The lowest BCUT2D eigenvalue weighted by atomic mass is 10.0. The molecular formula is C14H18N2O. The maximum atomic E-state index is 8.68. The second-order valence-electron chi connectivity index (χ2n) is 4.42. The summed E-state index contributed by atoms with van der Waals surface area (Å²) in [6, 6.07) is 9.99. The largest absolute Gasteiger partial charge is 0.494 e. The van der Waals surface area contributed by atoms with Crippen LogP contribution in [0.15, 0.2) is 24.3 Å². The summed E-state index contributed by atoms with van der Waals surface area (Å²) in [6.45, 7) is 1.88. The highest BCUT2D eigenvalue weighted by molar-refractivity contribution is 5.34. The van der Waals surface area contributed by atoms with E-state index in [2.05, 4.69) is 11.4 Å². The quantitative estimate of drug-likeness (QED) is 0.864. The summed E-state index contributed by atoms with van der Waals surface area (Å²) in [5, 5.41) is 12.2. The van der Waals surface area contributed by atoms with Gasteiger partial charge in [0.2, 0.25) is 0 Å². The Balaban J connectivity index is 1.72. The third kappa shape index (κ3) is 3.76. The first kappa shape index (κ1) is 11.9. The van der Waals surface area contributed by atoms with Gasteiger partial charge in [0.15, 0.2) is 0 Å². The van der Waals surface area contributed by atoms with E-state index < -0.39 is 0 Å². The standard InChI is InChI=1S/C14H18N2O/c15-11-12-4-6-14(7-5-12)17-10-8-13-3-1-2-9-16-13/h4-7,13,16H,1-3,8-10H2/t13-/m0/s1. The molecule has 1 aromatic carbocycles. The fourth-order valence-electron chi connectivity index (χ4n) is 2.12. The molecule has 0 aliphatic carbocycles. The Labute approximate surface area is 102 Å². The molecule has 1 N–H and O–H groups in total. The van der Waals surface area contributed by atoms with Crippen molar-refractivity contribution in [3.63, 3.8) is 0 Å². The minimum Gasteiger partial charge on any atom is -0.494 e. The predicted octanol–water partition coefficient (Wildman–Crippen LogP) is 2.47. The van der Waals surface area contributed by atoms with Crippen molar-refractivity contribution in [2.75, 3.05) is 13.2 Å². The van der Waals surface area contributed by atoms with E-state index in [0.29, 0.717) is 11.6 Å². The molecule has 3 nitrogen and oxygen atoms in total. The van der Waals surface area contributed by atoms with Crippen LogP contribution in [-0.4, -0.2) is 19.2 Å². The Hall–Kier alpha value is -1.53. The summed E-state index contributed by atoms with van der Waals surface area (Å²) in [4.78, 5) is 0. The van der Waals surface area contributed by atoms with Gasteiger partial charge in [-0.1, -0.05) is 6.42 Å². The molecule has 1 saturated heterocycles. The van der Waals surface area contributed by atoms with Gasteiger partial charge in [0.25, 0.3) is 0 Å². The van der Waals surface area contributed by atoms with E-state index in [0.717, 1.165) is 25.3 Å². The lowest BCUT2D eigenvalue weighted by Crippen LogP contribution is -2.35. The molecule has 1 heterocycles. The molecule has 0 aromatic heterocycles. The Morgan fingerprint density at radius 1 is 1.29 bits per heavy atom. The SMILES string of the molecule is N#Cc1ccc(OCC[C@@H]2CCCCN2)cc1. The number of rotatable bonds is 4. The fourth-order valence-corrected chi connectivity index (χ4v) is 2.12. The summed E-state index contributed by atoms with van der Waals surface area (Å²) in [6.07, 6.45) is 4.94. The van der Waals surface area contributed by atoms with Gasteiger partial charge in [0, 0.05) is 6.04 Å². The summed E-state index contributed by atoms with van der Waals surface area (Å²) in [5.41, 5.74) is 0.672. The Kier molecular flexibility index (Phi) is 4.40. The van der Waals surface area contributed by atoms with E-state index >= 15 is 0 Å². The zero-order valence-corrected chi connectivity index (χ0v) is 9.98. The molecular weight excluding hydrogens is 212 g/mol. The van der Waals surface area contributed by atoms with Crippen LogP contribution >= 0.6 is 0 Å². The fraction of sp³-hybridized carbons (Fsp3) is 0.500. The molecule has 1 atom stereocenters. The van der Waals surface area contributed by atoms with Crippen LogP contribution in [0.5, 0.6) is 5.75 Å². The molecule has 1 aliphatic rings. The molecule has 1 aliphatic heterocycles. The van der Waals surface area contributed by atoms with Gasteiger partial charge in [0.1, 0.15) is 5.75 Å². The van der Waals surface area contributed by atoms with Crippen molar-refractivity contribution in [2.24, 2.45) is 0 Å². The third-order valence-electron chi connectivity index (χ3n) is 3.13. The van der Waals surface area contributed by atoms with Gasteiger partial charge >= 0.3 is 0 Å². The van der Waals surface area contributed by atoms with Gasteiger partial charge in [-0.2, -0.15) is 5.26 Å². The number of hydrogen-bond donors (Lipinski definition) is 1. The minimum absolute atomic E-state index is 0.613. The first-order chi connectivity index (χ1) is 8.38. The zero-order valence-electron chi connectivity index (χ0n) is 9.98. The molecule has 90 valence electrons. The number of piperidine rings is 1. The van der Waals surface area contributed by atoms with Crippen LogP contribution in [0.1, 0.15) is 31.2 Å². The van der Waals surface area contributed by atoms with E-state index in [-0.39, 0.29) is 0 Å². The summed E-state index contributed by atoms with van der Waals surface area (Å²) < 4.78 is 5.66. The maximum Gasteiger partial charge on any atom is 0.119 e. The number of ether oxygens (including phenoxy) is 1. The second-order valence-corrected chi connectivity index (χ2v) is 4.42. The molecule has 0 unspecified atom stereocenters. The molecule has 17 heavy (non-hydrogen) atoms. The van der Waals surface area contributed by atoms with Crippen LogP contribution in [0.25, 0.3) is 0 Å². The van der Waals surface area contributed by atoms with E-state index in [1.54, 1.807) is 12.1 Å². The summed E-state index contributed by atoms with van der Waals surface area (Å²) >= 11 is 0. The monoisotopic (exact) mass is 230 g/mol. The smallest absolute Gasteiger partial charge is 0.119 e. The molecule has 0 amide bonds. The zero-order chi connectivity index (χ0) is 11.9. The van der Waals surface area contributed by atoms with Crippen LogP contribution in [0, 0.1) is 11.3 Å². The summed E-state index contributed by atoms with van der Waals surface area (Å²) in [7, 11) is 0. The average Bonchev–Trinajstić information content (AvgIpc) is 2.41. The molecule has 0 radical (unpaired) electrons. The van der Waals surface area contributed by atoms with Gasteiger partial charge < -0.3 is 10.1 Å². The van der Waals surface area contributed by atoms with Crippen LogP contribution < -0.4 is 10.1 Å². The van der Waals surface area contributed by atoms with E-state index in [1.807, 2.05) is 12.1 Å². The van der Waals surface area contributed by atoms with Crippen molar-refractivity contribution in [3.05, 3.63) is 29.8 Å². The molecule has 0 spiro atoms. The van der Waals surface area contributed by atoms with Crippen molar-refractivity contribution in [1.29, 1.82) is 5.26 Å². The Morgan fingerprint density at radius 2 is 2.12 bits per heavy atom. The molecule has 1 fully saturated rings. The van der Waals surface area contributed by atoms with Crippen molar-refractivity contribution < 1.29 is 4.74 Å². The van der Waals surface area contributed by atoms with Gasteiger partial charge in [-0.25, -0.2) is 0 Å². The van der Waals surface area contributed by atoms with Crippen molar-refractivity contribution >= 4 is 0 Å². The highest BCUT2D eigenvalue weighted by atomic mass is 16.5. The molecule has 1 aromatic rings. The van der Waals surface area contributed by atoms with Crippen LogP contribution in [0.4, 0.5) is 0 Å². The first-order valence-corrected chi connectivity index (χ1v) is 6.25. The van der Waals surface area contributed by atoms with Gasteiger partial charge in [-0.3, -0.25) is 0 Å². The number of benzene rings is 1. The normalized spacial score (nSPS) is 19.6. The number of nitriles is 1. The predicted molar refractivity (Wildman–Crippen MR) is 66.9 cm³/mol. The van der Waals surface area contributed by atoms with Crippen molar-refractivity contribution in [1.82, 2.24) is 5.32 Å². The van der Waals surface area contributed by atoms with Crippen LogP contribution in [0.2, 0.25) is 0 Å². The topological polar surface area (TPSA) is 45.0 Å². The number of nitrogens with zero attached hydrogens (tertiary/aromatic N) is 1. The van der Waals surface area contributed by atoms with E-state index in [4.69, 9.17) is 10.00 Å². The van der Waals surface area contributed by atoms with Crippen LogP contribution in [0.3, 0.4) is 0 Å². The number of nitrogens with one attached hydrogen (secondary N) is 1. The average molecular weight is 230 g/mol. The Bertz CT molecular complexity index is 374. The molecule has 0 saturated carbocycles. The molecule has 2 rings (SSSR count). The molecule has 0 bridgehead atoms. The lowest BCUT2D eigenvalue weighted by molar-refractivity contribution is 0.268. The number of hydrogen-bond acceptors (Lipinski definition) is 3. The van der Waals surface area contributed by atoms with Gasteiger partial charge in [0.05, 0.1) is 18.2 Å². The highest BCUT2D eigenvalue weighted by Gasteiger charge is 2.11. The highest BCUT2D eigenvalue weighted by Crippen LogP contribution is 2.14. The second kappa shape index (κ2) is 6.27.